The van der Waals surface area contributed by atoms with Crippen LogP contribution in [0.25, 0.3) is 11.1 Å². The Balaban J connectivity index is 1.61. The highest BCUT2D eigenvalue weighted by Crippen LogP contribution is 2.38. The topological polar surface area (TPSA) is 102 Å². The molecule has 0 unspecified atom stereocenters. The zero-order chi connectivity index (χ0) is 21.9. The molecule has 3 rings (SSSR count). The molecule has 0 fully saturated rings. The maximum absolute atomic E-state index is 12.2. The van der Waals surface area contributed by atoms with Crippen LogP contribution < -0.4 is 5.32 Å². The first-order chi connectivity index (χ1) is 14.1. The fourth-order valence-corrected chi connectivity index (χ4v) is 3.44. The lowest BCUT2D eigenvalue weighted by atomic mass is 10.0. The third kappa shape index (κ3) is 5.17. The van der Waals surface area contributed by atoms with Gasteiger partial charge in [0.25, 0.3) is 0 Å². The van der Waals surface area contributed by atoms with Gasteiger partial charge in [-0.15, -0.1) is 0 Å². The summed E-state index contributed by atoms with van der Waals surface area (Å²) < 4.78 is 10.4. The Kier molecular flexibility index (Phi) is 6.10. The van der Waals surface area contributed by atoms with Crippen molar-refractivity contribution in [3.63, 3.8) is 0 Å². The summed E-state index contributed by atoms with van der Waals surface area (Å²) in [5.41, 5.74) is 4.70. The highest BCUT2D eigenvalue weighted by atomic mass is 16.6. The van der Waals surface area contributed by atoms with Crippen LogP contribution in [-0.2, 0) is 32.1 Å². The third-order valence-corrected chi connectivity index (χ3v) is 4.69. The van der Waals surface area contributed by atoms with Crippen LogP contribution in [0.2, 0.25) is 0 Å². The maximum Gasteiger partial charge on any atom is 0.408 e. The average molecular weight is 411 g/mol. The van der Waals surface area contributed by atoms with E-state index < -0.39 is 36.1 Å². The number of carbonyl (C=O) groups excluding carboxylic acids is 2. The van der Waals surface area contributed by atoms with Crippen molar-refractivity contribution in [2.75, 3.05) is 0 Å². The van der Waals surface area contributed by atoms with Gasteiger partial charge in [0.15, 0.2) is 0 Å². The molecule has 1 aliphatic rings. The fourth-order valence-electron chi connectivity index (χ4n) is 3.44. The Bertz CT molecular complexity index is 976. The standard InChI is InChI=1S/C23H25NO6/c1-23(2,3)30-20(25)12-19(21(26)27)24-22(28)29-13-15-8-6-10-17-16-9-5-4-7-14(16)11-18(15)17/h4-10,19H,11-13H2,1-3H3,(H,24,28)(H,26,27)/t19-/m1/s1. The van der Waals surface area contributed by atoms with Crippen LogP contribution in [0, 0.1) is 0 Å². The van der Waals surface area contributed by atoms with E-state index in [0.717, 1.165) is 23.1 Å². The zero-order valence-corrected chi connectivity index (χ0v) is 17.2. The molecular weight excluding hydrogens is 386 g/mol. The number of esters is 1. The first-order valence-corrected chi connectivity index (χ1v) is 9.71. The molecule has 0 aromatic heterocycles. The van der Waals surface area contributed by atoms with Crippen molar-refractivity contribution < 1.29 is 29.0 Å². The molecule has 1 atom stereocenters. The quantitative estimate of drug-likeness (QED) is 0.600. The predicted molar refractivity (Wildman–Crippen MR) is 110 cm³/mol. The third-order valence-electron chi connectivity index (χ3n) is 4.69. The maximum atomic E-state index is 12.2. The van der Waals surface area contributed by atoms with Crippen LogP contribution in [0.5, 0.6) is 0 Å². The second kappa shape index (κ2) is 8.57. The molecule has 7 nitrogen and oxygen atoms in total. The molecule has 1 amide bonds. The number of hydrogen-bond acceptors (Lipinski definition) is 5. The lowest BCUT2D eigenvalue weighted by molar-refractivity contribution is -0.158. The van der Waals surface area contributed by atoms with Gasteiger partial charge in [-0.25, -0.2) is 9.59 Å². The summed E-state index contributed by atoms with van der Waals surface area (Å²) in [5, 5.41) is 11.5. The lowest BCUT2D eigenvalue weighted by Gasteiger charge is -2.21. The van der Waals surface area contributed by atoms with Crippen molar-refractivity contribution in [3.05, 3.63) is 59.2 Å². The summed E-state index contributed by atoms with van der Waals surface area (Å²) in [6.07, 6.45) is -0.639. The average Bonchev–Trinajstić information content (AvgIpc) is 3.03. The van der Waals surface area contributed by atoms with Gasteiger partial charge < -0.3 is 19.9 Å². The largest absolute Gasteiger partial charge is 0.480 e. The molecule has 0 saturated heterocycles. The number of benzene rings is 2. The van der Waals surface area contributed by atoms with Crippen molar-refractivity contribution in [1.29, 1.82) is 0 Å². The second-order valence-corrected chi connectivity index (χ2v) is 8.18. The van der Waals surface area contributed by atoms with Crippen molar-refractivity contribution in [2.45, 2.75) is 51.9 Å². The summed E-state index contributed by atoms with van der Waals surface area (Å²) in [6.45, 7) is 5.04. The molecule has 0 radical (unpaired) electrons. The second-order valence-electron chi connectivity index (χ2n) is 8.18. The van der Waals surface area contributed by atoms with Gasteiger partial charge in [0.2, 0.25) is 0 Å². The predicted octanol–water partition coefficient (Wildman–Crippen LogP) is 3.67. The number of carboxylic acids is 1. The normalized spacial score (nSPS) is 13.0. The minimum Gasteiger partial charge on any atom is -0.480 e. The van der Waals surface area contributed by atoms with Crippen LogP contribution in [0.4, 0.5) is 4.79 Å². The van der Waals surface area contributed by atoms with Gasteiger partial charge in [0.1, 0.15) is 18.2 Å². The molecule has 1 aliphatic carbocycles. The summed E-state index contributed by atoms with van der Waals surface area (Å²) in [7, 11) is 0. The van der Waals surface area contributed by atoms with Crippen molar-refractivity contribution in [3.8, 4) is 11.1 Å². The zero-order valence-electron chi connectivity index (χ0n) is 17.2. The number of aliphatic carboxylic acids is 1. The van der Waals surface area contributed by atoms with Crippen molar-refractivity contribution in [1.82, 2.24) is 5.32 Å². The lowest BCUT2D eigenvalue weighted by Crippen LogP contribution is -2.43. The fraction of sp³-hybridized carbons (Fsp3) is 0.348. The van der Waals surface area contributed by atoms with Gasteiger partial charge in [-0.05, 0) is 55.0 Å². The van der Waals surface area contributed by atoms with Crippen molar-refractivity contribution >= 4 is 18.0 Å². The Morgan fingerprint density at radius 3 is 2.47 bits per heavy atom. The van der Waals surface area contributed by atoms with Gasteiger partial charge in [-0.2, -0.15) is 0 Å². The molecule has 0 aliphatic heterocycles. The van der Waals surface area contributed by atoms with Crippen molar-refractivity contribution in [2.24, 2.45) is 0 Å². The molecule has 7 heteroatoms. The van der Waals surface area contributed by atoms with E-state index in [4.69, 9.17) is 9.47 Å². The number of nitrogens with one attached hydrogen (secondary N) is 1. The number of carbonyl (C=O) groups is 3. The number of ether oxygens (including phenoxy) is 2. The van der Waals surface area contributed by atoms with Gasteiger partial charge in [-0.1, -0.05) is 42.5 Å². The molecule has 0 heterocycles. The van der Waals surface area contributed by atoms with Crippen LogP contribution in [0.1, 0.15) is 43.9 Å². The summed E-state index contributed by atoms with van der Waals surface area (Å²) in [5.74, 6) is -2.05. The van der Waals surface area contributed by atoms with Crippen LogP contribution >= 0.6 is 0 Å². The van der Waals surface area contributed by atoms with E-state index in [0.29, 0.717) is 0 Å². The molecule has 30 heavy (non-hydrogen) atoms. The van der Waals surface area contributed by atoms with E-state index in [1.165, 1.54) is 11.1 Å². The Labute approximate surface area is 175 Å². The Hall–Kier alpha value is -3.35. The minimum atomic E-state index is -1.43. The van der Waals surface area contributed by atoms with Gasteiger partial charge in [0.05, 0.1) is 6.42 Å². The van der Waals surface area contributed by atoms with Gasteiger partial charge in [-0.3, -0.25) is 4.79 Å². The molecule has 0 saturated carbocycles. The van der Waals surface area contributed by atoms with Gasteiger partial charge >= 0.3 is 18.0 Å². The van der Waals surface area contributed by atoms with E-state index in [-0.39, 0.29) is 6.61 Å². The minimum absolute atomic E-state index is 0.00176. The molecule has 0 spiro atoms. The Morgan fingerprint density at radius 2 is 1.77 bits per heavy atom. The van der Waals surface area contributed by atoms with Crippen LogP contribution in [0.3, 0.4) is 0 Å². The highest BCUT2D eigenvalue weighted by molar-refractivity contribution is 5.85. The molecular formula is C23H25NO6. The van der Waals surface area contributed by atoms with Crippen LogP contribution in [-0.4, -0.2) is 34.8 Å². The highest BCUT2D eigenvalue weighted by Gasteiger charge is 2.27. The summed E-state index contributed by atoms with van der Waals surface area (Å²) >= 11 is 0. The summed E-state index contributed by atoms with van der Waals surface area (Å²) in [4.78, 5) is 35.5. The molecule has 2 N–H and O–H groups in total. The number of alkyl carbamates (subject to hydrolysis) is 1. The molecule has 158 valence electrons. The summed E-state index contributed by atoms with van der Waals surface area (Å²) in [6, 6.07) is 12.5. The van der Waals surface area contributed by atoms with E-state index in [1.807, 2.05) is 30.3 Å². The first kappa shape index (κ1) is 21.4. The number of carboxylic acid groups (broad SMARTS) is 1. The number of hydrogen-bond donors (Lipinski definition) is 2. The van der Waals surface area contributed by atoms with Gasteiger partial charge in [0, 0.05) is 0 Å². The molecule has 0 bridgehead atoms. The molecule has 2 aromatic rings. The number of fused-ring (bicyclic) bond motifs is 3. The molecule has 2 aromatic carbocycles. The first-order valence-electron chi connectivity index (χ1n) is 9.71. The number of amides is 1. The van der Waals surface area contributed by atoms with E-state index in [2.05, 4.69) is 17.4 Å². The number of rotatable bonds is 6. The SMILES string of the molecule is CC(C)(C)OC(=O)C[C@@H](NC(=O)OCc1cccc2c1Cc1ccccc1-2)C(=O)O. The van der Waals surface area contributed by atoms with E-state index >= 15 is 0 Å². The smallest absolute Gasteiger partial charge is 0.408 e. The van der Waals surface area contributed by atoms with E-state index in [1.54, 1.807) is 20.8 Å². The van der Waals surface area contributed by atoms with Crippen LogP contribution in [0.15, 0.2) is 42.5 Å². The monoisotopic (exact) mass is 411 g/mol. The Morgan fingerprint density at radius 1 is 1.07 bits per heavy atom. The van der Waals surface area contributed by atoms with E-state index in [9.17, 15) is 19.5 Å².